The summed E-state index contributed by atoms with van der Waals surface area (Å²) >= 11 is 6.44. The van der Waals surface area contributed by atoms with E-state index in [1.165, 1.54) is 0 Å². The lowest BCUT2D eigenvalue weighted by Crippen LogP contribution is -2.10. The average molecular weight is 309 g/mol. The predicted octanol–water partition coefficient (Wildman–Crippen LogP) is 4.05. The third-order valence-electron chi connectivity index (χ3n) is 3.82. The highest BCUT2D eigenvalue weighted by Crippen LogP contribution is 2.35. The SMILES string of the molecule is Clc1cccc2[nH]cc(C(c3ccncc3)n3ccnc3)c12. The van der Waals surface area contributed by atoms with Gasteiger partial charge in [-0.15, -0.1) is 0 Å². The Balaban J connectivity index is 1.98. The van der Waals surface area contributed by atoms with Crippen molar-refractivity contribution in [2.24, 2.45) is 0 Å². The number of nitrogens with zero attached hydrogens (tertiary/aromatic N) is 3. The van der Waals surface area contributed by atoms with E-state index in [0.29, 0.717) is 0 Å². The normalized spacial score (nSPS) is 12.6. The van der Waals surface area contributed by atoms with E-state index in [1.54, 1.807) is 18.6 Å². The molecule has 1 atom stereocenters. The summed E-state index contributed by atoms with van der Waals surface area (Å²) in [5, 5.41) is 1.78. The molecule has 22 heavy (non-hydrogen) atoms. The van der Waals surface area contributed by atoms with Crippen LogP contribution in [0.25, 0.3) is 10.9 Å². The number of benzene rings is 1. The van der Waals surface area contributed by atoms with E-state index in [4.69, 9.17) is 11.6 Å². The van der Waals surface area contributed by atoms with Crippen molar-refractivity contribution >= 4 is 22.5 Å². The van der Waals surface area contributed by atoms with Crippen molar-refractivity contribution in [3.63, 3.8) is 0 Å². The summed E-state index contributed by atoms with van der Waals surface area (Å²) in [5.74, 6) is 0. The van der Waals surface area contributed by atoms with Gasteiger partial charge in [-0.3, -0.25) is 4.98 Å². The van der Waals surface area contributed by atoms with Gasteiger partial charge in [0.15, 0.2) is 0 Å². The van der Waals surface area contributed by atoms with Crippen molar-refractivity contribution in [3.8, 4) is 0 Å². The number of hydrogen-bond donors (Lipinski definition) is 1. The maximum Gasteiger partial charge on any atom is 0.0954 e. The minimum Gasteiger partial charge on any atom is -0.361 e. The number of H-pyrrole nitrogens is 1. The lowest BCUT2D eigenvalue weighted by Gasteiger charge is -2.19. The fourth-order valence-electron chi connectivity index (χ4n) is 2.86. The molecule has 3 aromatic heterocycles. The highest BCUT2D eigenvalue weighted by Gasteiger charge is 2.20. The van der Waals surface area contributed by atoms with E-state index in [0.717, 1.165) is 27.1 Å². The van der Waals surface area contributed by atoms with E-state index < -0.39 is 0 Å². The Hall–Kier alpha value is -2.59. The Kier molecular flexibility index (Phi) is 3.16. The second kappa shape index (κ2) is 5.31. The van der Waals surface area contributed by atoms with Crippen LogP contribution in [-0.4, -0.2) is 19.5 Å². The van der Waals surface area contributed by atoms with Crippen LogP contribution in [0.4, 0.5) is 0 Å². The zero-order valence-corrected chi connectivity index (χ0v) is 12.4. The van der Waals surface area contributed by atoms with Crippen molar-refractivity contribution < 1.29 is 0 Å². The summed E-state index contributed by atoms with van der Waals surface area (Å²) in [7, 11) is 0. The molecule has 0 bridgehead atoms. The monoisotopic (exact) mass is 308 g/mol. The second-order valence-electron chi connectivity index (χ2n) is 5.10. The van der Waals surface area contributed by atoms with Crippen LogP contribution in [0.15, 0.2) is 67.6 Å². The van der Waals surface area contributed by atoms with E-state index in [1.807, 2.05) is 49.1 Å². The Labute approximate surface area is 132 Å². The minimum absolute atomic E-state index is 0.000787. The van der Waals surface area contributed by atoms with E-state index in [9.17, 15) is 0 Å². The van der Waals surface area contributed by atoms with Gasteiger partial charge in [-0.25, -0.2) is 4.98 Å². The maximum absolute atomic E-state index is 6.44. The van der Waals surface area contributed by atoms with Gasteiger partial charge in [-0.1, -0.05) is 17.7 Å². The van der Waals surface area contributed by atoms with E-state index >= 15 is 0 Å². The molecule has 1 aromatic carbocycles. The highest BCUT2D eigenvalue weighted by molar-refractivity contribution is 6.35. The number of hydrogen-bond acceptors (Lipinski definition) is 2. The molecular weight excluding hydrogens is 296 g/mol. The van der Waals surface area contributed by atoms with Crippen LogP contribution >= 0.6 is 11.6 Å². The first-order valence-electron chi connectivity index (χ1n) is 6.97. The highest BCUT2D eigenvalue weighted by atomic mass is 35.5. The number of aromatic nitrogens is 4. The van der Waals surface area contributed by atoms with Crippen molar-refractivity contribution in [2.75, 3.05) is 0 Å². The fourth-order valence-corrected chi connectivity index (χ4v) is 3.14. The van der Waals surface area contributed by atoms with Gasteiger partial charge in [0, 0.05) is 47.5 Å². The largest absolute Gasteiger partial charge is 0.361 e. The standard InChI is InChI=1S/C17H13ClN4/c18-14-2-1-3-15-16(14)13(10-21-15)17(22-9-8-20-11-22)12-4-6-19-7-5-12/h1-11,17,21H. The molecule has 4 aromatic rings. The Morgan fingerprint density at radius 3 is 2.68 bits per heavy atom. The van der Waals surface area contributed by atoms with Gasteiger partial charge in [0.25, 0.3) is 0 Å². The maximum atomic E-state index is 6.44. The topological polar surface area (TPSA) is 46.5 Å². The first-order valence-corrected chi connectivity index (χ1v) is 7.35. The molecule has 4 nitrogen and oxygen atoms in total. The Morgan fingerprint density at radius 2 is 1.91 bits per heavy atom. The molecule has 108 valence electrons. The smallest absolute Gasteiger partial charge is 0.0954 e. The van der Waals surface area contributed by atoms with Gasteiger partial charge in [0.05, 0.1) is 17.4 Å². The van der Waals surface area contributed by atoms with Gasteiger partial charge < -0.3 is 9.55 Å². The number of fused-ring (bicyclic) bond motifs is 1. The lowest BCUT2D eigenvalue weighted by atomic mass is 9.99. The Morgan fingerprint density at radius 1 is 1.05 bits per heavy atom. The van der Waals surface area contributed by atoms with Crippen LogP contribution in [0.1, 0.15) is 17.2 Å². The van der Waals surface area contributed by atoms with Crippen LogP contribution in [0.5, 0.6) is 0 Å². The van der Waals surface area contributed by atoms with Crippen LogP contribution in [0.2, 0.25) is 5.02 Å². The number of aromatic amines is 1. The second-order valence-corrected chi connectivity index (χ2v) is 5.51. The summed E-state index contributed by atoms with van der Waals surface area (Å²) in [4.78, 5) is 11.6. The molecule has 4 rings (SSSR count). The van der Waals surface area contributed by atoms with E-state index in [-0.39, 0.29) is 6.04 Å². The molecule has 0 fully saturated rings. The lowest BCUT2D eigenvalue weighted by molar-refractivity contribution is 0.680. The number of rotatable bonds is 3. The van der Waals surface area contributed by atoms with Crippen LogP contribution < -0.4 is 0 Å². The third kappa shape index (κ3) is 2.09. The van der Waals surface area contributed by atoms with Gasteiger partial charge in [-0.2, -0.15) is 0 Å². The molecule has 0 saturated heterocycles. The quantitative estimate of drug-likeness (QED) is 0.620. The van der Waals surface area contributed by atoms with Gasteiger partial charge in [-0.05, 0) is 29.8 Å². The molecule has 0 radical (unpaired) electrons. The minimum atomic E-state index is -0.000787. The predicted molar refractivity (Wildman–Crippen MR) is 87.0 cm³/mol. The first kappa shape index (κ1) is 13.1. The molecule has 0 spiro atoms. The van der Waals surface area contributed by atoms with Crippen LogP contribution in [0.3, 0.4) is 0 Å². The molecule has 0 saturated carbocycles. The summed E-state index contributed by atoms with van der Waals surface area (Å²) in [6.07, 6.45) is 11.2. The van der Waals surface area contributed by atoms with Gasteiger partial charge in [0.2, 0.25) is 0 Å². The molecule has 0 aliphatic rings. The van der Waals surface area contributed by atoms with Crippen molar-refractivity contribution in [1.29, 1.82) is 0 Å². The van der Waals surface area contributed by atoms with E-state index in [2.05, 4.69) is 19.5 Å². The number of halogens is 1. The summed E-state index contributed by atoms with van der Waals surface area (Å²) in [6.45, 7) is 0. The van der Waals surface area contributed by atoms with Crippen LogP contribution in [0, 0.1) is 0 Å². The first-order chi connectivity index (χ1) is 10.8. The molecule has 1 N–H and O–H groups in total. The van der Waals surface area contributed by atoms with Gasteiger partial charge >= 0.3 is 0 Å². The Bertz CT molecular complexity index is 897. The average Bonchev–Trinajstić information content (AvgIpc) is 3.20. The summed E-state index contributed by atoms with van der Waals surface area (Å²) < 4.78 is 2.07. The molecule has 1 unspecified atom stereocenters. The molecule has 0 aliphatic heterocycles. The number of nitrogens with one attached hydrogen (secondary N) is 1. The van der Waals surface area contributed by atoms with Crippen LogP contribution in [-0.2, 0) is 0 Å². The third-order valence-corrected chi connectivity index (χ3v) is 4.14. The number of imidazole rings is 1. The van der Waals surface area contributed by atoms with Crippen molar-refractivity contribution in [3.05, 3.63) is 83.8 Å². The summed E-state index contributed by atoms with van der Waals surface area (Å²) in [6, 6.07) is 9.92. The molecule has 0 aliphatic carbocycles. The fraction of sp³-hybridized carbons (Fsp3) is 0.0588. The van der Waals surface area contributed by atoms with Gasteiger partial charge in [0.1, 0.15) is 0 Å². The zero-order chi connectivity index (χ0) is 14.9. The summed E-state index contributed by atoms with van der Waals surface area (Å²) in [5.41, 5.74) is 3.28. The molecular formula is C17H13ClN4. The number of pyridine rings is 1. The molecule has 0 amide bonds. The van der Waals surface area contributed by atoms with Crippen molar-refractivity contribution in [1.82, 2.24) is 19.5 Å². The zero-order valence-electron chi connectivity index (χ0n) is 11.6. The van der Waals surface area contributed by atoms with Crippen molar-refractivity contribution in [2.45, 2.75) is 6.04 Å². The molecule has 5 heteroatoms. The molecule has 3 heterocycles.